The van der Waals surface area contributed by atoms with Gasteiger partial charge in [0.1, 0.15) is 34.5 Å². The van der Waals surface area contributed by atoms with Crippen molar-refractivity contribution in [2.45, 2.75) is 40.8 Å². The Kier molecular flexibility index (Phi) is 12.8. The van der Waals surface area contributed by atoms with Gasteiger partial charge in [-0.3, -0.25) is 9.78 Å². The first kappa shape index (κ1) is 32.7. The average Bonchev–Trinajstić information content (AvgIpc) is 2.86. The molecule has 3 N–H and O–H groups in total. The summed E-state index contributed by atoms with van der Waals surface area (Å²) in [6.45, 7) is 8.63. The molecule has 0 fully saturated rings. The number of ketones is 1. The predicted molar refractivity (Wildman–Crippen MR) is 144 cm³/mol. The maximum atomic E-state index is 12.3. The maximum Gasteiger partial charge on any atom is 0.419 e. The third-order valence-corrected chi connectivity index (χ3v) is 4.80. The minimum atomic E-state index is -4.54. The molecule has 39 heavy (non-hydrogen) atoms. The molecule has 0 spiro atoms. The van der Waals surface area contributed by atoms with E-state index in [9.17, 15) is 27.9 Å². The first-order chi connectivity index (χ1) is 18.2. The number of halogens is 3. The number of rotatable bonds is 6. The van der Waals surface area contributed by atoms with Gasteiger partial charge in [-0.15, -0.1) is 0 Å². The number of alkyl halides is 3. The topological polar surface area (TPSA) is 110 Å². The summed E-state index contributed by atoms with van der Waals surface area (Å²) >= 11 is 0. The van der Waals surface area contributed by atoms with Gasteiger partial charge in [-0.1, -0.05) is 6.07 Å². The van der Waals surface area contributed by atoms with Crippen LogP contribution in [0.15, 0.2) is 48.7 Å². The zero-order valence-corrected chi connectivity index (χ0v) is 23.0. The number of aromatic hydroxyl groups is 1. The van der Waals surface area contributed by atoms with Gasteiger partial charge in [-0.25, -0.2) is 0 Å². The van der Waals surface area contributed by atoms with Crippen molar-refractivity contribution in [1.29, 1.82) is 0 Å². The summed E-state index contributed by atoms with van der Waals surface area (Å²) in [4.78, 5) is 25.0. The monoisotopic (exact) mass is 549 g/mol. The van der Waals surface area contributed by atoms with E-state index in [1.807, 2.05) is 32.2 Å². The van der Waals surface area contributed by atoms with Crippen LogP contribution in [0.3, 0.4) is 0 Å². The molecule has 0 bridgehead atoms. The van der Waals surface area contributed by atoms with Gasteiger partial charge in [-0.05, 0) is 63.9 Å². The maximum absolute atomic E-state index is 12.3. The SMILES string of the molecule is CC(C)=O.CCOc1cc(O)c(C(F)(F)F)cc1C.CNC(=O)c1cc(Oc2ccc(C)c(NC)c2)ccn1. The van der Waals surface area contributed by atoms with Gasteiger partial charge in [0.2, 0.25) is 0 Å². The van der Waals surface area contributed by atoms with Crippen molar-refractivity contribution in [2.75, 3.05) is 26.0 Å². The summed E-state index contributed by atoms with van der Waals surface area (Å²) < 4.78 is 47.8. The smallest absolute Gasteiger partial charge is 0.419 e. The first-order valence-corrected chi connectivity index (χ1v) is 11.9. The van der Waals surface area contributed by atoms with Crippen LogP contribution in [0, 0.1) is 13.8 Å². The third kappa shape index (κ3) is 10.9. The molecule has 2 aromatic carbocycles. The summed E-state index contributed by atoms with van der Waals surface area (Å²) in [6.07, 6.45) is -2.99. The lowest BCUT2D eigenvalue weighted by atomic mass is 10.1. The number of nitrogens with zero attached hydrogens (tertiary/aromatic N) is 1. The first-order valence-electron chi connectivity index (χ1n) is 11.9. The van der Waals surface area contributed by atoms with E-state index >= 15 is 0 Å². The second-order valence-electron chi connectivity index (χ2n) is 8.26. The van der Waals surface area contributed by atoms with E-state index in [0.29, 0.717) is 29.4 Å². The normalized spacial score (nSPS) is 10.2. The molecule has 212 valence electrons. The van der Waals surface area contributed by atoms with E-state index in [2.05, 4.69) is 15.6 Å². The van der Waals surface area contributed by atoms with Gasteiger partial charge in [0, 0.05) is 44.2 Å². The number of carbonyl (C=O) groups excluding carboxylic acids is 2. The number of ether oxygens (including phenoxy) is 2. The summed E-state index contributed by atoms with van der Waals surface area (Å²) in [6, 6.07) is 11.0. The standard InChI is InChI=1S/C15H17N3O2.C10H11F3O2.C3H6O/c1-10-4-5-11(8-13(10)16-2)20-12-6-7-18-14(9-12)15(19)17-3;1-3-15-9-5-8(14)7(4-6(9)2)10(11,12)13;1-3(2)4/h4-9,16H,1-3H3,(H,17,19);4-5,14H,3H2,1-2H3;1-2H3. The van der Waals surface area contributed by atoms with Crippen molar-refractivity contribution < 1.29 is 37.3 Å². The Morgan fingerprint density at radius 2 is 1.59 bits per heavy atom. The van der Waals surface area contributed by atoms with Crippen molar-refractivity contribution in [3.05, 3.63) is 71.0 Å². The number of aryl methyl sites for hydroxylation is 2. The van der Waals surface area contributed by atoms with Crippen LogP contribution in [0.2, 0.25) is 0 Å². The lowest BCUT2D eigenvalue weighted by Gasteiger charge is -2.13. The number of nitrogens with one attached hydrogen (secondary N) is 2. The highest BCUT2D eigenvalue weighted by Gasteiger charge is 2.34. The van der Waals surface area contributed by atoms with Gasteiger partial charge in [0.15, 0.2) is 0 Å². The molecule has 0 atom stereocenters. The van der Waals surface area contributed by atoms with Crippen molar-refractivity contribution in [1.82, 2.24) is 10.3 Å². The van der Waals surface area contributed by atoms with E-state index in [0.717, 1.165) is 23.4 Å². The molecule has 0 aliphatic heterocycles. The number of carbonyl (C=O) groups is 2. The number of phenolic OH excluding ortho intramolecular Hbond substituents is 1. The zero-order chi connectivity index (χ0) is 29.8. The highest BCUT2D eigenvalue weighted by molar-refractivity contribution is 5.92. The third-order valence-electron chi connectivity index (χ3n) is 4.80. The quantitative estimate of drug-likeness (QED) is 0.331. The summed E-state index contributed by atoms with van der Waals surface area (Å²) in [5.74, 6) is 0.660. The van der Waals surface area contributed by atoms with Crippen molar-refractivity contribution in [3.8, 4) is 23.0 Å². The molecule has 1 heterocycles. The summed E-state index contributed by atoms with van der Waals surface area (Å²) in [5.41, 5.74) is 1.78. The molecule has 3 aromatic rings. The van der Waals surface area contributed by atoms with Crippen LogP contribution < -0.4 is 20.1 Å². The van der Waals surface area contributed by atoms with E-state index < -0.39 is 17.5 Å². The van der Waals surface area contributed by atoms with E-state index in [1.165, 1.54) is 20.8 Å². The van der Waals surface area contributed by atoms with Crippen LogP contribution in [-0.2, 0) is 11.0 Å². The molecule has 0 radical (unpaired) electrons. The second kappa shape index (κ2) is 15.2. The van der Waals surface area contributed by atoms with Crippen LogP contribution in [0.4, 0.5) is 18.9 Å². The minimum absolute atomic E-state index is 0.167. The van der Waals surface area contributed by atoms with E-state index in [1.54, 1.807) is 32.3 Å². The van der Waals surface area contributed by atoms with Crippen LogP contribution in [0.1, 0.15) is 48.0 Å². The number of hydrogen-bond acceptors (Lipinski definition) is 7. The number of amides is 1. The number of hydrogen-bond donors (Lipinski definition) is 3. The molecule has 3 rings (SSSR count). The highest BCUT2D eigenvalue weighted by atomic mass is 19.4. The Balaban J connectivity index is 0.000000354. The Morgan fingerprint density at radius 3 is 2.13 bits per heavy atom. The molecule has 1 amide bonds. The highest BCUT2D eigenvalue weighted by Crippen LogP contribution is 2.39. The largest absolute Gasteiger partial charge is 0.507 e. The molecular formula is C28H34F3N3O5. The summed E-state index contributed by atoms with van der Waals surface area (Å²) in [5, 5.41) is 14.8. The Bertz CT molecular complexity index is 1260. The molecule has 0 saturated carbocycles. The lowest BCUT2D eigenvalue weighted by molar-refractivity contribution is -0.138. The molecule has 0 aliphatic carbocycles. The van der Waals surface area contributed by atoms with Crippen molar-refractivity contribution in [2.24, 2.45) is 0 Å². The van der Waals surface area contributed by atoms with Gasteiger partial charge in [-0.2, -0.15) is 13.2 Å². The molecule has 11 heteroatoms. The number of Topliss-reactive ketones (excluding diaryl/α,β-unsaturated/α-hetero) is 1. The molecule has 8 nitrogen and oxygen atoms in total. The predicted octanol–water partition coefficient (Wildman–Crippen LogP) is 6.30. The average molecular weight is 550 g/mol. The van der Waals surface area contributed by atoms with Crippen LogP contribution in [-0.4, -0.2) is 42.5 Å². The van der Waals surface area contributed by atoms with Gasteiger partial charge >= 0.3 is 6.18 Å². The lowest BCUT2D eigenvalue weighted by Crippen LogP contribution is -2.18. The fraction of sp³-hybridized carbons (Fsp3) is 0.321. The second-order valence-corrected chi connectivity index (χ2v) is 8.26. The number of anilines is 1. The van der Waals surface area contributed by atoms with Crippen molar-refractivity contribution >= 4 is 17.4 Å². The Labute approximate surface area is 226 Å². The zero-order valence-electron chi connectivity index (χ0n) is 23.0. The minimum Gasteiger partial charge on any atom is -0.507 e. The van der Waals surface area contributed by atoms with Crippen molar-refractivity contribution in [3.63, 3.8) is 0 Å². The Morgan fingerprint density at radius 1 is 0.974 bits per heavy atom. The molecule has 0 aliphatic rings. The number of phenols is 1. The number of aromatic nitrogens is 1. The van der Waals surface area contributed by atoms with Gasteiger partial charge < -0.3 is 30.0 Å². The fourth-order valence-electron chi connectivity index (χ4n) is 3.01. The fourth-order valence-corrected chi connectivity index (χ4v) is 3.01. The van der Waals surface area contributed by atoms with E-state index in [-0.39, 0.29) is 17.4 Å². The van der Waals surface area contributed by atoms with Crippen LogP contribution >= 0.6 is 0 Å². The molecule has 0 unspecified atom stereocenters. The molecule has 0 saturated heterocycles. The van der Waals surface area contributed by atoms with Gasteiger partial charge in [0.25, 0.3) is 5.91 Å². The summed E-state index contributed by atoms with van der Waals surface area (Å²) in [7, 11) is 3.43. The molecule has 1 aromatic heterocycles. The molecular weight excluding hydrogens is 515 g/mol. The van der Waals surface area contributed by atoms with Crippen LogP contribution in [0.5, 0.6) is 23.0 Å². The van der Waals surface area contributed by atoms with Gasteiger partial charge in [0.05, 0.1) is 12.2 Å². The van der Waals surface area contributed by atoms with E-state index in [4.69, 9.17) is 9.47 Å². The number of benzene rings is 2. The Hall–Kier alpha value is -4.28. The number of pyridine rings is 1. The van der Waals surface area contributed by atoms with Crippen LogP contribution in [0.25, 0.3) is 0 Å².